The molecule has 0 saturated heterocycles. The zero-order valence-electron chi connectivity index (χ0n) is 8.69. The average Bonchev–Trinajstić information content (AvgIpc) is 2.26. The van der Waals surface area contributed by atoms with Crippen LogP contribution < -0.4 is 10.9 Å². The van der Waals surface area contributed by atoms with Gasteiger partial charge in [-0.05, 0) is 22.0 Å². The number of amides is 2. The van der Waals surface area contributed by atoms with E-state index in [1.807, 2.05) is 0 Å². The Hall–Kier alpha value is -1.96. The first-order chi connectivity index (χ1) is 7.91. The molecule has 1 rings (SSSR count). The smallest absolute Gasteiger partial charge is 0.271 e. The largest absolute Gasteiger partial charge is 0.274 e. The Morgan fingerprint density at radius 1 is 1.35 bits per heavy atom. The Morgan fingerprint density at radius 2 is 2.00 bits per heavy atom. The van der Waals surface area contributed by atoms with Gasteiger partial charge in [0.25, 0.3) is 11.6 Å². The quantitative estimate of drug-likeness (QED) is 0.631. The number of halogens is 1. The number of non-ortho nitro benzene ring substituents is 1. The van der Waals surface area contributed by atoms with Gasteiger partial charge in [-0.15, -0.1) is 0 Å². The van der Waals surface area contributed by atoms with Gasteiger partial charge in [0.1, 0.15) is 0 Å². The van der Waals surface area contributed by atoms with Crippen LogP contribution in [0.3, 0.4) is 0 Å². The minimum absolute atomic E-state index is 0.0629. The van der Waals surface area contributed by atoms with Gasteiger partial charge in [0.15, 0.2) is 0 Å². The molecule has 0 spiro atoms. The molecule has 0 radical (unpaired) electrons. The van der Waals surface area contributed by atoms with Crippen LogP contribution in [0.2, 0.25) is 0 Å². The summed E-state index contributed by atoms with van der Waals surface area (Å²) >= 11 is 3.09. The van der Waals surface area contributed by atoms with Gasteiger partial charge in [0.2, 0.25) is 5.91 Å². The van der Waals surface area contributed by atoms with Crippen LogP contribution in [0.4, 0.5) is 5.69 Å². The Kier molecular flexibility index (Phi) is 4.16. The van der Waals surface area contributed by atoms with Gasteiger partial charge in [-0.1, -0.05) is 0 Å². The van der Waals surface area contributed by atoms with E-state index < -0.39 is 16.7 Å². The van der Waals surface area contributed by atoms with Crippen molar-refractivity contribution >= 4 is 33.4 Å². The van der Waals surface area contributed by atoms with Gasteiger partial charge < -0.3 is 0 Å². The highest BCUT2D eigenvalue weighted by atomic mass is 79.9. The molecule has 0 bridgehead atoms. The molecule has 0 aliphatic carbocycles. The second kappa shape index (κ2) is 5.39. The molecule has 1 aromatic rings. The number of benzene rings is 1. The van der Waals surface area contributed by atoms with E-state index in [4.69, 9.17) is 0 Å². The van der Waals surface area contributed by atoms with E-state index >= 15 is 0 Å². The lowest BCUT2D eigenvalue weighted by Crippen LogP contribution is -2.40. The molecule has 0 aromatic heterocycles. The third-order valence-electron chi connectivity index (χ3n) is 1.76. The van der Waals surface area contributed by atoms with Crippen LogP contribution in [0.5, 0.6) is 0 Å². The van der Waals surface area contributed by atoms with Crippen molar-refractivity contribution in [2.75, 3.05) is 0 Å². The van der Waals surface area contributed by atoms with Gasteiger partial charge in [-0.3, -0.25) is 30.6 Å². The molecule has 17 heavy (non-hydrogen) atoms. The van der Waals surface area contributed by atoms with E-state index in [-0.39, 0.29) is 11.3 Å². The lowest BCUT2D eigenvalue weighted by Gasteiger charge is -2.06. The molecule has 0 fully saturated rings. The molecule has 0 aliphatic heterocycles. The van der Waals surface area contributed by atoms with E-state index in [1.54, 1.807) is 0 Å². The van der Waals surface area contributed by atoms with Gasteiger partial charge >= 0.3 is 0 Å². The molecule has 0 unspecified atom stereocenters. The summed E-state index contributed by atoms with van der Waals surface area (Å²) in [5.41, 5.74) is 4.06. The number of nitro benzene ring substituents is 1. The molecule has 7 nitrogen and oxygen atoms in total. The first kappa shape index (κ1) is 13.1. The number of nitro groups is 1. The SMILES string of the molecule is CC(=O)NNC(=O)c1cc([N+](=O)[O-])ccc1Br. The minimum Gasteiger partial charge on any atom is -0.274 e. The second-order valence-electron chi connectivity index (χ2n) is 3.06. The number of nitrogens with one attached hydrogen (secondary N) is 2. The zero-order valence-corrected chi connectivity index (χ0v) is 10.3. The summed E-state index contributed by atoms with van der Waals surface area (Å²) in [5, 5.41) is 10.5. The first-order valence-corrected chi connectivity index (χ1v) is 5.22. The topological polar surface area (TPSA) is 101 Å². The van der Waals surface area contributed by atoms with E-state index in [1.165, 1.54) is 19.1 Å². The molecule has 1 aromatic carbocycles. The number of nitrogens with zero attached hydrogens (tertiary/aromatic N) is 1. The van der Waals surface area contributed by atoms with E-state index in [0.29, 0.717) is 4.47 Å². The number of carbonyl (C=O) groups excluding carboxylic acids is 2. The number of carbonyl (C=O) groups is 2. The summed E-state index contributed by atoms with van der Waals surface area (Å²) in [5.74, 6) is -1.09. The Bertz CT molecular complexity index is 489. The predicted molar refractivity (Wildman–Crippen MR) is 62.1 cm³/mol. The van der Waals surface area contributed by atoms with Crippen molar-refractivity contribution in [2.24, 2.45) is 0 Å². The normalized spacial score (nSPS) is 9.53. The van der Waals surface area contributed by atoms with Crippen LogP contribution >= 0.6 is 15.9 Å². The van der Waals surface area contributed by atoms with E-state index in [0.717, 1.165) is 6.07 Å². The summed E-state index contributed by atoms with van der Waals surface area (Å²) in [6, 6.07) is 3.77. The third kappa shape index (κ3) is 3.52. The number of hydrazine groups is 1. The lowest BCUT2D eigenvalue weighted by molar-refractivity contribution is -0.384. The molecule has 8 heteroatoms. The zero-order chi connectivity index (χ0) is 13.0. The predicted octanol–water partition coefficient (Wildman–Crippen LogP) is 1.14. The van der Waals surface area contributed by atoms with Crippen LogP contribution in [0.15, 0.2) is 22.7 Å². The third-order valence-corrected chi connectivity index (χ3v) is 2.45. The second-order valence-corrected chi connectivity index (χ2v) is 3.91. The standard InChI is InChI=1S/C9H8BrN3O4/c1-5(14)11-12-9(15)7-4-6(13(16)17)2-3-8(7)10/h2-4H,1H3,(H,11,14)(H,12,15). The van der Waals surface area contributed by atoms with Crippen LogP contribution in [-0.2, 0) is 4.79 Å². The van der Waals surface area contributed by atoms with Crippen molar-refractivity contribution in [2.45, 2.75) is 6.92 Å². The number of hydrogen-bond acceptors (Lipinski definition) is 4. The summed E-state index contributed by atoms with van der Waals surface area (Å²) in [6.45, 7) is 1.22. The highest BCUT2D eigenvalue weighted by Gasteiger charge is 2.15. The van der Waals surface area contributed by atoms with Crippen molar-refractivity contribution < 1.29 is 14.5 Å². The monoisotopic (exact) mass is 301 g/mol. The summed E-state index contributed by atoms with van der Waals surface area (Å²) < 4.78 is 0.394. The average molecular weight is 302 g/mol. The van der Waals surface area contributed by atoms with Gasteiger partial charge in [0, 0.05) is 23.5 Å². The van der Waals surface area contributed by atoms with Gasteiger partial charge in [0.05, 0.1) is 10.5 Å². The van der Waals surface area contributed by atoms with Gasteiger partial charge in [-0.2, -0.15) is 0 Å². The molecular formula is C9H8BrN3O4. The Morgan fingerprint density at radius 3 is 2.53 bits per heavy atom. The van der Waals surface area contributed by atoms with Crippen LogP contribution in [-0.4, -0.2) is 16.7 Å². The van der Waals surface area contributed by atoms with Crippen molar-refractivity contribution in [3.63, 3.8) is 0 Å². The van der Waals surface area contributed by atoms with Crippen molar-refractivity contribution in [1.82, 2.24) is 10.9 Å². The molecule has 2 N–H and O–H groups in total. The molecule has 0 saturated carbocycles. The maximum absolute atomic E-state index is 11.6. The Balaban J connectivity index is 2.95. The fourth-order valence-corrected chi connectivity index (χ4v) is 1.44. The summed E-state index contributed by atoms with van der Waals surface area (Å²) in [6.07, 6.45) is 0. The number of rotatable bonds is 2. The molecule has 0 atom stereocenters. The van der Waals surface area contributed by atoms with Crippen molar-refractivity contribution in [3.8, 4) is 0 Å². The van der Waals surface area contributed by atoms with Crippen LogP contribution in [0.1, 0.15) is 17.3 Å². The maximum Gasteiger partial charge on any atom is 0.271 e. The lowest BCUT2D eigenvalue weighted by atomic mass is 10.2. The van der Waals surface area contributed by atoms with Gasteiger partial charge in [-0.25, -0.2) is 0 Å². The Labute approximate surface area is 104 Å². The molecule has 0 aliphatic rings. The summed E-state index contributed by atoms with van der Waals surface area (Å²) in [4.78, 5) is 32.1. The van der Waals surface area contributed by atoms with Crippen LogP contribution in [0, 0.1) is 10.1 Å². The highest BCUT2D eigenvalue weighted by molar-refractivity contribution is 9.10. The fraction of sp³-hybridized carbons (Fsp3) is 0.111. The highest BCUT2D eigenvalue weighted by Crippen LogP contribution is 2.22. The van der Waals surface area contributed by atoms with Crippen molar-refractivity contribution in [3.05, 3.63) is 38.3 Å². The van der Waals surface area contributed by atoms with Crippen molar-refractivity contribution in [1.29, 1.82) is 0 Å². The molecular weight excluding hydrogens is 294 g/mol. The fourth-order valence-electron chi connectivity index (χ4n) is 1.01. The maximum atomic E-state index is 11.6. The minimum atomic E-state index is -0.643. The molecule has 90 valence electrons. The molecule has 0 heterocycles. The van der Waals surface area contributed by atoms with E-state index in [9.17, 15) is 19.7 Å². The first-order valence-electron chi connectivity index (χ1n) is 4.42. The number of hydrogen-bond donors (Lipinski definition) is 2. The van der Waals surface area contributed by atoms with E-state index in [2.05, 4.69) is 26.8 Å². The summed E-state index contributed by atoms with van der Waals surface area (Å²) in [7, 11) is 0. The molecule has 2 amide bonds. The van der Waals surface area contributed by atoms with Crippen LogP contribution in [0.25, 0.3) is 0 Å².